The van der Waals surface area contributed by atoms with Crippen LogP contribution < -0.4 is 5.45 Å². The van der Waals surface area contributed by atoms with Gasteiger partial charge in [0.05, 0.1) is 6.20 Å². The van der Waals surface area contributed by atoms with E-state index < -0.39 is 8.07 Å². The average Bonchev–Trinajstić information content (AvgIpc) is 2.16. The summed E-state index contributed by atoms with van der Waals surface area (Å²) in [6, 6.07) is 0. The Morgan fingerprint density at radius 3 is 2.43 bits per heavy atom. The summed E-state index contributed by atoms with van der Waals surface area (Å²) in [5.74, 6) is 0. The summed E-state index contributed by atoms with van der Waals surface area (Å²) in [7, 11) is -1.44. The van der Waals surface area contributed by atoms with Crippen molar-refractivity contribution in [3.05, 3.63) is 18.6 Å². The van der Waals surface area contributed by atoms with Crippen LogP contribution in [0.5, 0.6) is 0 Å². The molecular weight excluding hydrogens is 192 g/mol. The lowest BCUT2D eigenvalue weighted by atomic mass is 10.5. The molecular formula is C9H12N4Si. The molecule has 0 radical (unpaired) electrons. The van der Waals surface area contributed by atoms with Crippen molar-refractivity contribution in [1.29, 1.82) is 0 Å². The predicted molar refractivity (Wildman–Crippen MR) is 58.1 cm³/mol. The fourth-order valence-electron chi connectivity index (χ4n) is 1.13. The first kappa shape index (κ1) is 9.20. The van der Waals surface area contributed by atoms with Crippen LogP contribution in [0.4, 0.5) is 0 Å². The fraction of sp³-hybridized carbons (Fsp3) is 0.333. The van der Waals surface area contributed by atoms with Gasteiger partial charge in [-0.25, -0.2) is 19.9 Å². The van der Waals surface area contributed by atoms with Gasteiger partial charge >= 0.3 is 0 Å². The Balaban J connectivity index is 2.63. The van der Waals surface area contributed by atoms with Crippen LogP contribution in [0.15, 0.2) is 18.6 Å². The summed E-state index contributed by atoms with van der Waals surface area (Å²) in [6.45, 7) is 6.64. The van der Waals surface area contributed by atoms with E-state index in [0.717, 1.165) is 11.0 Å². The summed E-state index contributed by atoms with van der Waals surface area (Å²) in [5, 5.41) is 0. The van der Waals surface area contributed by atoms with Crippen molar-refractivity contribution in [3.63, 3.8) is 0 Å². The Morgan fingerprint density at radius 1 is 1.00 bits per heavy atom. The number of aromatic nitrogens is 4. The van der Waals surface area contributed by atoms with E-state index in [4.69, 9.17) is 0 Å². The second kappa shape index (κ2) is 3.09. The summed E-state index contributed by atoms with van der Waals surface area (Å²) < 4.78 is 0. The van der Waals surface area contributed by atoms with E-state index in [-0.39, 0.29) is 0 Å². The largest absolute Gasteiger partial charge is 0.250 e. The molecule has 14 heavy (non-hydrogen) atoms. The first-order valence-electron chi connectivity index (χ1n) is 4.51. The van der Waals surface area contributed by atoms with Crippen LogP contribution >= 0.6 is 0 Å². The topological polar surface area (TPSA) is 51.6 Å². The van der Waals surface area contributed by atoms with Gasteiger partial charge in [0.1, 0.15) is 19.0 Å². The first-order chi connectivity index (χ1) is 6.57. The number of fused-ring (bicyclic) bond motifs is 1. The Hall–Kier alpha value is -1.36. The highest BCUT2D eigenvalue weighted by Gasteiger charge is 2.20. The zero-order chi connectivity index (χ0) is 10.2. The molecule has 72 valence electrons. The van der Waals surface area contributed by atoms with E-state index in [1.165, 1.54) is 0 Å². The molecule has 0 saturated carbocycles. The molecule has 2 aromatic heterocycles. The SMILES string of the molecule is C[Si](C)(C)c1ncc2nccnc2n1. The highest BCUT2D eigenvalue weighted by atomic mass is 28.3. The maximum absolute atomic E-state index is 4.42. The van der Waals surface area contributed by atoms with E-state index in [0.29, 0.717) is 5.65 Å². The minimum atomic E-state index is -1.44. The average molecular weight is 204 g/mol. The van der Waals surface area contributed by atoms with Crippen LogP contribution in [0.2, 0.25) is 19.6 Å². The molecule has 0 aliphatic heterocycles. The molecule has 0 bridgehead atoms. The molecule has 0 atom stereocenters. The molecule has 0 N–H and O–H groups in total. The lowest BCUT2D eigenvalue weighted by Gasteiger charge is -2.13. The van der Waals surface area contributed by atoms with Gasteiger partial charge in [0, 0.05) is 12.4 Å². The van der Waals surface area contributed by atoms with Gasteiger partial charge in [-0.05, 0) is 0 Å². The molecule has 2 rings (SSSR count). The molecule has 0 spiro atoms. The monoisotopic (exact) mass is 204 g/mol. The van der Waals surface area contributed by atoms with Crippen molar-refractivity contribution < 1.29 is 0 Å². The van der Waals surface area contributed by atoms with Gasteiger partial charge in [0.15, 0.2) is 5.65 Å². The second-order valence-electron chi connectivity index (χ2n) is 4.21. The van der Waals surface area contributed by atoms with Crippen molar-refractivity contribution in [2.24, 2.45) is 0 Å². The molecule has 2 aromatic rings. The third-order valence-corrected chi connectivity index (χ3v) is 3.48. The normalized spacial score (nSPS) is 11.9. The zero-order valence-electron chi connectivity index (χ0n) is 8.52. The highest BCUT2D eigenvalue weighted by molar-refractivity contribution is 6.87. The van der Waals surface area contributed by atoms with Crippen molar-refractivity contribution in [2.75, 3.05) is 0 Å². The molecule has 0 fully saturated rings. The predicted octanol–water partition coefficient (Wildman–Crippen LogP) is 0.965. The maximum Gasteiger partial charge on any atom is 0.181 e. The van der Waals surface area contributed by atoms with Crippen molar-refractivity contribution in [1.82, 2.24) is 19.9 Å². The van der Waals surface area contributed by atoms with Crippen LogP contribution in [-0.2, 0) is 0 Å². The minimum absolute atomic E-state index is 0.694. The lowest BCUT2D eigenvalue weighted by Crippen LogP contribution is -2.42. The van der Waals surface area contributed by atoms with Gasteiger partial charge in [0.25, 0.3) is 0 Å². The molecule has 0 aliphatic carbocycles. The number of nitrogens with zero attached hydrogens (tertiary/aromatic N) is 4. The summed E-state index contributed by atoms with van der Waals surface area (Å²) in [4.78, 5) is 17.0. The summed E-state index contributed by atoms with van der Waals surface area (Å²) in [6.07, 6.45) is 5.06. The molecule has 4 nitrogen and oxygen atoms in total. The smallest absolute Gasteiger partial charge is 0.181 e. The molecule has 0 unspecified atom stereocenters. The molecule has 2 heterocycles. The van der Waals surface area contributed by atoms with Crippen LogP contribution in [0.3, 0.4) is 0 Å². The number of hydrogen-bond donors (Lipinski definition) is 0. The van der Waals surface area contributed by atoms with Crippen molar-refractivity contribution >= 4 is 24.7 Å². The Labute approximate surface area is 83.5 Å². The Morgan fingerprint density at radius 2 is 1.71 bits per heavy atom. The van der Waals surface area contributed by atoms with Crippen LogP contribution in [0.25, 0.3) is 11.2 Å². The van der Waals surface area contributed by atoms with Gasteiger partial charge in [-0.3, -0.25) is 0 Å². The van der Waals surface area contributed by atoms with Gasteiger partial charge in [0.2, 0.25) is 0 Å². The molecule has 0 saturated heterocycles. The first-order valence-corrected chi connectivity index (χ1v) is 8.01. The van der Waals surface area contributed by atoms with E-state index >= 15 is 0 Å². The van der Waals surface area contributed by atoms with Crippen molar-refractivity contribution in [2.45, 2.75) is 19.6 Å². The molecule has 0 amide bonds. The van der Waals surface area contributed by atoms with Gasteiger partial charge < -0.3 is 0 Å². The highest BCUT2D eigenvalue weighted by Crippen LogP contribution is 2.03. The summed E-state index contributed by atoms with van der Waals surface area (Å²) in [5.41, 5.74) is 2.39. The minimum Gasteiger partial charge on any atom is -0.250 e. The third kappa shape index (κ3) is 1.63. The second-order valence-corrected chi connectivity index (χ2v) is 9.16. The Bertz CT molecular complexity index is 464. The third-order valence-electron chi connectivity index (χ3n) is 1.90. The Kier molecular flexibility index (Phi) is 2.03. The summed E-state index contributed by atoms with van der Waals surface area (Å²) >= 11 is 0. The molecule has 5 heteroatoms. The van der Waals surface area contributed by atoms with E-state index in [1.807, 2.05) is 0 Å². The van der Waals surface area contributed by atoms with E-state index in [2.05, 4.69) is 39.6 Å². The van der Waals surface area contributed by atoms with Gasteiger partial charge in [-0.15, -0.1) is 0 Å². The molecule has 0 aromatic carbocycles. The van der Waals surface area contributed by atoms with Crippen molar-refractivity contribution in [3.8, 4) is 0 Å². The lowest BCUT2D eigenvalue weighted by molar-refractivity contribution is 1.18. The quantitative estimate of drug-likeness (QED) is 0.649. The number of rotatable bonds is 1. The van der Waals surface area contributed by atoms with E-state index in [1.54, 1.807) is 18.6 Å². The maximum atomic E-state index is 4.42. The zero-order valence-corrected chi connectivity index (χ0v) is 9.52. The fourth-order valence-corrected chi connectivity index (χ4v) is 2.02. The van der Waals surface area contributed by atoms with Gasteiger partial charge in [-0.1, -0.05) is 19.6 Å². The standard InChI is InChI=1S/C9H12N4Si/c1-14(2,3)9-12-6-7-8(13-9)11-5-4-10-7/h4-6H,1-3H3. The van der Waals surface area contributed by atoms with Crippen LogP contribution in [0.1, 0.15) is 0 Å². The van der Waals surface area contributed by atoms with E-state index in [9.17, 15) is 0 Å². The molecule has 0 aliphatic rings. The van der Waals surface area contributed by atoms with Crippen LogP contribution in [-0.4, -0.2) is 28.0 Å². The van der Waals surface area contributed by atoms with Crippen LogP contribution in [0, 0.1) is 0 Å². The number of hydrogen-bond acceptors (Lipinski definition) is 4. The van der Waals surface area contributed by atoms with Gasteiger partial charge in [-0.2, -0.15) is 0 Å².